The first-order valence-corrected chi connectivity index (χ1v) is 12.0. The molecule has 2 heterocycles. The summed E-state index contributed by atoms with van der Waals surface area (Å²) in [6, 6.07) is 23.7. The SMILES string of the molecule is CCc1ccc(N2C(=O)NC(=O)/C(=C/c3c(C)n(Cc4ccccc4C#N)c4ccccc34)C2=O)cc1. The second-order valence-electron chi connectivity index (χ2n) is 8.85. The summed E-state index contributed by atoms with van der Waals surface area (Å²) in [6.45, 7) is 4.39. The van der Waals surface area contributed by atoms with Crippen LogP contribution in [-0.4, -0.2) is 22.4 Å². The number of aryl methyl sites for hydroxylation is 1. The van der Waals surface area contributed by atoms with Crippen molar-refractivity contribution in [2.75, 3.05) is 4.90 Å². The molecule has 1 aliphatic heterocycles. The van der Waals surface area contributed by atoms with Gasteiger partial charge in [0.15, 0.2) is 0 Å². The standard InChI is InChI=1S/C30H24N4O3/c1-3-20-12-14-23(15-13-20)34-29(36)26(28(35)32-30(34)37)16-25-19(2)33(27-11-7-6-10-24(25)27)18-22-9-5-4-8-21(22)17-31/h4-16H,3,18H2,1-2H3,(H,32,35,37)/b26-16-. The van der Waals surface area contributed by atoms with Gasteiger partial charge in [-0.3, -0.25) is 14.9 Å². The molecule has 1 aliphatic rings. The average molecular weight is 489 g/mol. The van der Waals surface area contributed by atoms with Gasteiger partial charge >= 0.3 is 6.03 Å². The summed E-state index contributed by atoms with van der Waals surface area (Å²) in [6.07, 6.45) is 2.38. The first kappa shape index (κ1) is 23.8. The van der Waals surface area contributed by atoms with Crippen LogP contribution in [0.4, 0.5) is 10.5 Å². The Morgan fingerprint density at radius 1 is 0.946 bits per heavy atom. The maximum Gasteiger partial charge on any atom is 0.335 e. The van der Waals surface area contributed by atoms with Gasteiger partial charge in [-0.2, -0.15) is 5.26 Å². The quantitative estimate of drug-likeness (QED) is 0.312. The van der Waals surface area contributed by atoms with Crippen LogP contribution in [0.3, 0.4) is 0 Å². The number of anilines is 1. The number of hydrogen-bond donors (Lipinski definition) is 1. The predicted octanol–water partition coefficient (Wildman–Crippen LogP) is 5.10. The number of hydrogen-bond acceptors (Lipinski definition) is 4. The van der Waals surface area contributed by atoms with E-state index in [0.717, 1.165) is 39.0 Å². The fourth-order valence-corrected chi connectivity index (χ4v) is 4.70. The third kappa shape index (κ3) is 4.19. The topological polar surface area (TPSA) is 95.2 Å². The number of para-hydroxylation sites is 1. The number of nitriles is 1. The van der Waals surface area contributed by atoms with Gasteiger partial charge in [-0.1, -0.05) is 55.5 Å². The molecule has 0 radical (unpaired) electrons. The Bertz CT molecular complexity index is 1640. The van der Waals surface area contributed by atoms with Gasteiger partial charge in [0.2, 0.25) is 0 Å². The van der Waals surface area contributed by atoms with Crippen LogP contribution in [0.1, 0.15) is 34.9 Å². The molecular formula is C30H24N4O3. The van der Waals surface area contributed by atoms with Crippen LogP contribution >= 0.6 is 0 Å². The van der Waals surface area contributed by atoms with Crippen molar-refractivity contribution in [3.8, 4) is 6.07 Å². The molecule has 4 amide bonds. The van der Waals surface area contributed by atoms with Gasteiger partial charge in [0.25, 0.3) is 11.8 Å². The van der Waals surface area contributed by atoms with Gasteiger partial charge in [0.05, 0.1) is 17.3 Å². The van der Waals surface area contributed by atoms with Crippen LogP contribution in [0.2, 0.25) is 0 Å². The van der Waals surface area contributed by atoms with E-state index in [-0.39, 0.29) is 5.57 Å². The van der Waals surface area contributed by atoms with E-state index in [0.29, 0.717) is 23.4 Å². The molecule has 0 spiro atoms. The van der Waals surface area contributed by atoms with Crippen molar-refractivity contribution in [1.29, 1.82) is 5.26 Å². The van der Waals surface area contributed by atoms with Crippen molar-refractivity contribution in [2.24, 2.45) is 0 Å². The predicted molar refractivity (Wildman–Crippen MR) is 142 cm³/mol. The minimum absolute atomic E-state index is 0.123. The maximum absolute atomic E-state index is 13.5. The summed E-state index contributed by atoms with van der Waals surface area (Å²) in [5.74, 6) is -1.41. The largest absolute Gasteiger partial charge is 0.340 e. The lowest BCUT2D eigenvalue weighted by Crippen LogP contribution is -2.54. The minimum Gasteiger partial charge on any atom is -0.340 e. The highest BCUT2D eigenvalue weighted by Gasteiger charge is 2.37. The highest BCUT2D eigenvalue weighted by molar-refractivity contribution is 6.39. The molecule has 0 saturated carbocycles. The summed E-state index contributed by atoms with van der Waals surface area (Å²) in [5.41, 5.74) is 5.25. The molecule has 37 heavy (non-hydrogen) atoms. The van der Waals surface area contributed by atoms with E-state index >= 15 is 0 Å². The number of fused-ring (bicyclic) bond motifs is 1. The Morgan fingerprint density at radius 2 is 1.65 bits per heavy atom. The van der Waals surface area contributed by atoms with Gasteiger partial charge in [0.1, 0.15) is 5.57 Å². The first-order chi connectivity index (χ1) is 17.9. The number of rotatable bonds is 5. The van der Waals surface area contributed by atoms with Crippen LogP contribution in [0.15, 0.2) is 78.4 Å². The van der Waals surface area contributed by atoms with Gasteiger partial charge in [-0.15, -0.1) is 0 Å². The Balaban J connectivity index is 1.61. The number of carbonyl (C=O) groups is 3. The lowest BCUT2D eigenvalue weighted by atomic mass is 10.0. The first-order valence-electron chi connectivity index (χ1n) is 12.0. The Labute approximate surface area is 214 Å². The molecule has 0 atom stereocenters. The van der Waals surface area contributed by atoms with Crippen LogP contribution < -0.4 is 10.2 Å². The number of barbiturate groups is 1. The molecular weight excluding hydrogens is 464 g/mol. The molecule has 0 aliphatic carbocycles. The van der Waals surface area contributed by atoms with Crippen LogP contribution in [0, 0.1) is 18.3 Å². The van der Waals surface area contributed by atoms with Gasteiger partial charge < -0.3 is 4.57 Å². The molecule has 0 unspecified atom stereocenters. The monoisotopic (exact) mass is 488 g/mol. The van der Waals surface area contributed by atoms with Crippen molar-refractivity contribution in [2.45, 2.75) is 26.8 Å². The second-order valence-corrected chi connectivity index (χ2v) is 8.85. The number of imide groups is 2. The zero-order valence-electron chi connectivity index (χ0n) is 20.5. The van der Waals surface area contributed by atoms with Crippen molar-refractivity contribution >= 4 is 40.5 Å². The van der Waals surface area contributed by atoms with E-state index in [1.165, 1.54) is 0 Å². The summed E-state index contributed by atoms with van der Waals surface area (Å²) < 4.78 is 2.06. The van der Waals surface area contributed by atoms with Crippen molar-refractivity contribution < 1.29 is 14.4 Å². The fraction of sp³-hybridized carbons (Fsp3) is 0.133. The normalized spacial score (nSPS) is 14.8. The molecule has 1 saturated heterocycles. The Kier molecular flexibility index (Phi) is 6.16. The molecule has 3 aromatic carbocycles. The zero-order valence-corrected chi connectivity index (χ0v) is 20.5. The van der Waals surface area contributed by atoms with Gasteiger partial charge in [-0.05, 0) is 54.8 Å². The van der Waals surface area contributed by atoms with E-state index in [9.17, 15) is 19.6 Å². The van der Waals surface area contributed by atoms with E-state index in [1.54, 1.807) is 24.3 Å². The maximum atomic E-state index is 13.5. The number of carbonyl (C=O) groups excluding carboxylic acids is 3. The van der Waals surface area contributed by atoms with E-state index in [4.69, 9.17) is 0 Å². The lowest BCUT2D eigenvalue weighted by molar-refractivity contribution is -0.122. The highest BCUT2D eigenvalue weighted by Crippen LogP contribution is 2.31. The van der Waals surface area contributed by atoms with E-state index in [1.807, 2.05) is 68.4 Å². The molecule has 0 bridgehead atoms. The highest BCUT2D eigenvalue weighted by atomic mass is 16.2. The van der Waals surface area contributed by atoms with E-state index < -0.39 is 17.8 Å². The Hall–Kier alpha value is -4.96. The number of benzene rings is 3. The summed E-state index contributed by atoms with van der Waals surface area (Å²) in [5, 5.41) is 12.7. The third-order valence-corrected chi connectivity index (χ3v) is 6.74. The van der Waals surface area contributed by atoms with Crippen LogP contribution in [-0.2, 0) is 22.6 Å². The molecule has 1 N–H and O–H groups in total. The average Bonchev–Trinajstić information content (AvgIpc) is 3.17. The van der Waals surface area contributed by atoms with Gasteiger partial charge in [-0.25, -0.2) is 9.69 Å². The summed E-state index contributed by atoms with van der Waals surface area (Å²) in [4.78, 5) is 39.9. The molecule has 7 heteroatoms. The van der Waals surface area contributed by atoms with Gasteiger partial charge in [0, 0.05) is 28.7 Å². The zero-order chi connectivity index (χ0) is 26.1. The smallest absolute Gasteiger partial charge is 0.335 e. The minimum atomic E-state index is -0.774. The van der Waals surface area contributed by atoms with Crippen LogP contribution in [0.5, 0.6) is 0 Å². The molecule has 182 valence electrons. The molecule has 1 aromatic heterocycles. The van der Waals surface area contributed by atoms with Crippen LogP contribution in [0.25, 0.3) is 17.0 Å². The summed E-state index contributed by atoms with van der Waals surface area (Å²) >= 11 is 0. The number of amides is 4. The fourth-order valence-electron chi connectivity index (χ4n) is 4.70. The summed E-state index contributed by atoms with van der Waals surface area (Å²) in [7, 11) is 0. The molecule has 1 fully saturated rings. The number of nitrogens with one attached hydrogen (secondary N) is 1. The lowest BCUT2D eigenvalue weighted by Gasteiger charge is -2.26. The number of aromatic nitrogens is 1. The van der Waals surface area contributed by atoms with Crippen molar-refractivity contribution in [1.82, 2.24) is 9.88 Å². The number of nitrogens with zero attached hydrogens (tertiary/aromatic N) is 3. The Morgan fingerprint density at radius 3 is 2.38 bits per heavy atom. The van der Waals surface area contributed by atoms with Crippen molar-refractivity contribution in [3.05, 3.63) is 106 Å². The van der Waals surface area contributed by atoms with E-state index in [2.05, 4.69) is 16.0 Å². The number of urea groups is 1. The second kappa shape index (κ2) is 9.59. The molecule has 5 rings (SSSR count). The molecule has 4 aromatic rings. The third-order valence-electron chi connectivity index (χ3n) is 6.74. The van der Waals surface area contributed by atoms with Crippen molar-refractivity contribution in [3.63, 3.8) is 0 Å². The molecule has 7 nitrogen and oxygen atoms in total.